The summed E-state index contributed by atoms with van der Waals surface area (Å²) in [6.07, 6.45) is -4.04. The molecule has 1 aliphatic heterocycles. The predicted octanol–water partition coefficient (Wildman–Crippen LogP) is 1.05. The van der Waals surface area contributed by atoms with Gasteiger partial charge in [-0.05, 0) is 12.1 Å². The molecule has 1 saturated heterocycles. The Morgan fingerprint density at radius 3 is 2.62 bits per heavy atom. The SMILES string of the molecule is N=C(OC1O[C@@H](COC(=O)c2ccccn2)[C@H](O)[C@H]1O)C(Cl)(Cl)Cl. The first-order chi connectivity index (χ1) is 11.2. The highest BCUT2D eigenvalue weighted by Crippen LogP contribution is 2.31. The molecule has 0 amide bonds. The van der Waals surface area contributed by atoms with Gasteiger partial charge in [-0.3, -0.25) is 5.41 Å². The number of aliphatic hydroxyl groups is 2. The second kappa shape index (κ2) is 7.81. The van der Waals surface area contributed by atoms with Crippen LogP contribution in [0.4, 0.5) is 0 Å². The van der Waals surface area contributed by atoms with Gasteiger partial charge in [-0.15, -0.1) is 0 Å². The Bertz CT molecular complexity index is 597. The first-order valence-electron chi connectivity index (χ1n) is 6.62. The lowest BCUT2D eigenvalue weighted by Crippen LogP contribution is -2.37. The first kappa shape index (κ1) is 19.2. The molecule has 2 heterocycles. The Morgan fingerprint density at radius 1 is 1.33 bits per heavy atom. The van der Waals surface area contributed by atoms with Crippen molar-refractivity contribution in [3.8, 4) is 0 Å². The molecule has 8 nitrogen and oxygen atoms in total. The Hall–Kier alpha value is -1.16. The third-order valence-corrected chi connectivity index (χ3v) is 3.58. The number of rotatable bonds is 4. The summed E-state index contributed by atoms with van der Waals surface area (Å²) in [6.45, 7) is -0.366. The van der Waals surface area contributed by atoms with E-state index in [0.717, 1.165) is 0 Å². The zero-order valence-corrected chi connectivity index (χ0v) is 14.2. The topological polar surface area (TPSA) is 122 Å². The quantitative estimate of drug-likeness (QED) is 0.299. The van der Waals surface area contributed by atoms with Gasteiger partial charge in [0.2, 0.25) is 12.2 Å². The third-order valence-electron chi connectivity index (χ3n) is 3.06. The molecule has 1 aromatic rings. The number of aromatic nitrogens is 1. The number of aliphatic hydroxyl groups excluding tert-OH is 2. The average molecular weight is 400 g/mol. The zero-order valence-electron chi connectivity index (χ0n) is 11.9. The molecule has 0 bridgehead atoms. The van der Waals surface area contributed by atoms with Crippen molar-refractivity contribution in [2.24, 2.45) is 0 Å². The Kier molecular flexibility index (Phi) is 6.24. The van der Waals surface area contributed by atoms with Crippen LogP contribution in [0.25, 0.3) is 0 Å². The number of alkyl halides is 3. The van der Waals surface area contributed by atoms with Crippen molar-refractivity contribution in [2.75, 3.05) is 6.61 Å². The van der Waals surface area contributed by atoms with Crippen LogP contribution in [0.5, 0.6) is 0 Å². The molecule has 24 heavy (non-hydrogen) atoms. The van der Waals surface area contributed by atoms with Crippen LogP contribution in [0.2, 0.25) is 0 Å². The largest absolute Gasteiger partial charge is 0.458 e. The van der Waals surface area contributed by atoms with Crippen LogP contribution in [-0.2, 0) is 14.2 Å². The molecule has 0 aromatic carbocycles. The van der Waals surface area contributed by atoms with Crippen molar-refractivity contribution < 1.29 is 29.2 Å². The lowest BCUT2D eigenvalue weighted by molar-refractivity contribution is -0.125. The summed E-state index contributed by atoms with van der Waals surface area (Å²) in [7, 11) is 0. The zero-order chi connectivity index (χ0) is 17.9. The van der Waals surface area contributed by atoms with E-state index in [-0.39, 0.29) is 12.3 Å². The van der Waals surface area contributed by atoms with Gasteiger partial charge in [-0.1, -0.05) is 40.9 Å². The van der Waals surface area contributed by atoms with E-state index in [0.29, 0.717) is 0 Å². The number of ether oxygens (including phenoxy) is 3. The highest BCUT2D eigenvalue weighted by Gasteiger charge is 2.46. The fourth-order valence-electron chi connectivity index (χ4n) is 1.85. The molecule has 11 heteroatoms. The van der Waals surface area contributed by atoms with Crippen LogP contribution in [-0.4, -0.2) is 62.1 Å². The number of halogens is 3. The lowest BCUT2D eigenvalue weighted by atomic mass is 10.1. The van der Waals surface area contributed by atoms with Gasteiger partial charge >= 0.3 is 5.97 Å². The number of hydrogen-bond acceptors (Lipinski definition) is 8. The fourth-order valence-corrected chi connectivity index (χ4v) is 1.98. The molecule has 1 aliphatic rings. The van der Waals surface area contributed by atoms with E-state index in [1.54, 1.807) is 12.1 Å². The van der Waals surface area contributed by atoms with E-state index in [2.05, 4.69) is 4.98 Å². The summed E-state index contributed by atoms with van der Waals surface area (Å²) >= 11 is 16.4. The van der Waals surface area contributed by atoms with Crippen molar-refractivity contribution in [3.05, 3.63) is 30.1 Å². The fraction of sp³-hybridized carbons (Fsp3) is 0.462. The number of pyridine rings is 1. The molecule has 3 N–H and O–H groups in total. The normalized spacial score (nSPS) is 26.9. The second-order valence-corrected chi connectivity index (χ2v) is 7.06. The van der Waals surface area contributed by atoms with E-state index >= 15 is 0 Å². The van der Waals surface area contributed by atoms with Crippen LogP contribution >= 0.6 is 34.8 Å². The molecular weight excluding hydrogens is 387 g/mol. The molecule has 0 aliphatic carbocycles. The van der Waals surface area contributed by atoms with Crippen molar-refractivity contribution in [2.45, 2.75) is 28.4 Å². The Morgan fingerprint density at radius 2 is 2.04 bits per heavy atom. The maximum Gasteiger partial charge on any atom is 0.357 e. The monoisotopic (exact) mass is 398 g/mol. The van der Waals surface area contributed by atoms with E-state index in [9.17, 15) is 15.0 Å². The molecule has 1 unspecified atom stereocenters. The van der Waals surface area contributed by atoms with Crippen LogP contribution in [0.3, 0.4) is 0 Å². The summed E-state index contributed by atoms with van der Waals surface area (Å²) in [5.41, 5.74) is 0.0799. The number of nitrogens with zero attached hydrogens (tertiary/aromatic N) is 1. The molecular formula is C13H13Cl3N2O6. The van der Waals surface area contributed by atoms with Crippen molar-refractivity contribution >= 4 is 46.7 Å². The molecule has 2 rings (SSSR count). The number of nitrogens with one attached hydrogen (secondary N) is 1. The highest BCUT2D eigenvalue weighted by atomic mass is 35.6. The van der Waals surface area contributed by atoms with Gasteiger partial charge < -0.3 is 24.4 Å². The van der Waals surface area contributed by atoms with E-state index in [1.807, 2.05) is 0 Å². The van der Waals surface area contributed by atoms with Crippen molar-refractivity contribution in [1.29, 1.82) is 5.41 Å². The predicted molar refractivity (Wildman–Crippen MR) is 84.3 cm³/mol. The maximum absolute atomic E-state index is 11.8. The minimum absolute atomic E-state index is 0.0799. The third kappa shape index (κ3) is 4.69. The van der Waals surface area contributed by atoms with Gasteiger partial charge in [0.25, 0.3) is 3.79 Å². The Labute approximate surface area is 151 Å². The molecule has 0 spiro atoms. The van der Waals surface area contributed by atoms with Gasteiger partial charge in [-0.2, -0.15) is 0 Å². The summed E-state index contributed by atoms with van der Waals surface area (Å²) in [5.74, 6) is -1.51. The molecule has 132 valence electrons. The number of carbonyl (C=O) groups is 1. The minimum atomic E-state index is -2.14. The number of esters is 1. The van der Waals surface area contributed by atoms with E-state index in [4.69, 9.17) is 54.4 Å². The summed E-state index contributed by atoms with van der Waals surface area (Å²) in [5, 5.41) is 27.2. The van der Waals surface area contributed by atoms with Crippen LogP contribution in [0, 0.1) is 5.41 Å². The van der Waals surface area contributed by atoms with Gasteiger partial charge in [-0.25, -0.2) is 9.78 Å². The molecule has 0 saturated carbocycles. The highest BCUT2D eigenvalue weighted by molar-refractivity contribution is 6.76. The molecule has 1 fully saturated rings. The summed E-state index contributed by atoms with van der Waals surface area (Å²) in [6, 6.07) is 4.70. The smallest absolute Gasteiger partial charge is 0.357 e. The molecule has 0 radical (unpaired) electrons. The number of hydrogen-bond donors (Lipinski definition) is 3. The van der Waals surface area contributed by atoms with Crippen molar-refractivity contribution in [1.82, 2.24) is 4.98 Å². The van der Waals surface area contributed by atoms with Crippen LogP contribution in [0.1, 0.15) is 10.5 Å². The standard InChI is InChI=1S/C13H13Cl3N2O6/c14-13(15,16)12(17)24-11-9(20)8(19)7(23-11)5-22-10(21)6-3-1-2-4-18-6/h1-4,7-9,11,17,19-20H,5H2/t7-,8-,9+,11?/m0/s1. The van der Waals surface area contributed by atoms with Crippen molar-refractivity contribution in [3.63, 3.8) is 0 Å². The lowest BCUT2D eigenvalue weighted by Gasteiger charge is -2.20. The maximum atomic E-state index is 11.8. The molecule has 4 atom stereocenters. The number of carbonyl (C=O) groups excluding carboxylic acids is 1. The Balaban J connectivity index is 1.90. The van der Waals surface area contributed by atoms with Crippen LogP contribution < -0.4 is 0 Å². The van der Waals surface area contributed by atoms with Gasteiger partial charge in [0.05, 0.1) is 0 Å². The summed E-state index contributed by atoms with van der Waals surface area (Å²) < 4.78 is 12.9. The van der Waals surface area contributed by atoms with Crippen LogP contribution in [0.15, 0.2) is 24.4 Å². The van der Waals surface area contributed by atoms with E-state index in [1.165, 1.54) is 12.3 Å². The average Bonchev–Trinajstić information content (AvgIpc) is 2.80. The van der Waals surface area contributed by atoms with Gasteiger partial charge in [0.15, 0.2) is 0 Å². The van der Waals surface area contributed by atoms with Gasteiger partial charge in [0, 0.05) is 6.20 Å². The molecule has 1 aromatic heterocycles. The minimum Gasteiger partial charge on any atom is -0.458 e. The second-order valence-electron chi connectivity index (χ2n) is 4.78. The summed E-state index contributed by atoms with van der Waals surface area (Å²) in [4.78, 5) is 15.6. The van der Waals surface area contributed by atoms with E-state index < -0.39 is 40.3 Å². The first-order valence-corrected chi connectivity index (χ1v) is 7.75. The van der Waals surface area contributed by atoms with Gasteiger partial charge in [0.1, 0.15) is 30.6 Å².